The molecule has 0 fully saturated rings. The first-order valence-electron chi connectivity index (χ1n) is 6.30. The van der Waals surface area contributed by atoms with Crippen LogP contribution >= 0.6 is 0 Å². The molecule has 0 unspecified atom stereocenters. The molecule has 5 nitrogen and oxygen atoms in total. The maximum absolute atomic E-state index is 5.37. The number of hydrogen-bond donors (Lipinski definition) is 1. The molecule has 0 bridgehead atoms. The van der Waals surface area contributed by atoms with Crippen LogP contribution in [0.15, 0.2) is 18.2 Å². The molecular weight excluding hydrogens is 246 g/mol. The van der Waals surface area contributed by atoms with Gasteiger partial charge in [0.05, 0.1) is 34.0 Å². The number of hydrogen-bond acceptors (Lipinski definition) is 5. The molecule has 0 saturated heterocycles. The van der Waals surface area contributed by atoms with E-state index >= 15 is 0 Å². The minimum atomic E-state index is 0.629. The largest absolute Gasteiger partial charge is 0.497 e. The predicted octanol–water partition coefficient (Wildman–Crippen LogP) is 1.46. The lowest BCUT2D eigenvalue weighted by atomic mass is 10.2. The molecule has 0 aliphatic carbocycles. The molecule has 1 rings (SSSR count). The molecule has 0 aliphatic heterocycles. The minimum Gasteiger partial charge on any atom is -0.497 e. The standard InChI is InChI=1S/C14H23NO4/c1-16-8-9-19-7-6-15-11-12-4-5-13(17-2)10-14(12)18-3/h4-5,10,15H,6-9,11H2,1-3H3. The molecule has 1 aromatic carbocycles. The van der Waals surface area contributed by atoms with Crippen molar-refractivity contribution in [1.82, 2.24) is 5.32 Å². The highest BCUT2D eigenvalue weighted by Crippen LogP contribution is 2.24. The number of ether oxygens (including phenoxy) is 4. The topological polar surface area (TPSA) is 49.0 Å². The van der Waals surface area contributed by atoms with Gasteiger partial charge in [0, 0.05) is 31.8 Å². The van der Waals surface area contributed by atoms with E-state index in [1.165, 1.54) is 0 Å². The van der Waals surface area contributed by atoms with E-state index in [-0.39, 0.29) is 0 Å². The lowest BCUT2D eigenvalue weighted by Crippen LogP contribution is -2.20. The summed E-state index contributed by atoms with van der Waals surface area (Å²) in [5.41, 5.74) is 1.10. The molecule has 0 aromatic heterocycles. The summed E-state index contributed by atoms with van der Waals surface area (Å²) in [4.78, 5) is 0. The first-order chi connectivity index (χ1) is 9.31. The second-order valence-corrected chi connectivity index (χ2v) is 3.96. The molecule has 108 valence electrons. The van der Waals surface area contributed by atoms with Crippen molar-refractivity contribution in [3.8, 4) is 11.5 Å². The van der Waals surface area contributed by atoms with Crippen molar-refractivity contribution < 1.29 is 18.9 Å². The van der Waals surface area contributed by atoms with Crippen LogP contribution in [-0.4, -0.2) is 47.7 Å². The van der Waals surface area contributed by atoms with Gasteiger partial charge in [0.2, 0.25) is 0 Å². The third-order valence-electron chi connectivity index (χ3n) is 2.66. The van der Waals surface area contributed by atoms with Crippen molar-refractivity contribution in [3.63, 3.8) is 0 Å². The normalized spacial score (nSPS) is 10.5. The average Bonchev–Trinajstić information content (AvgIpc) is 2.46. The zero-order valence-electron chi connectivity index (χ0n) is 11.9. The van der Waals surface area contributed by atoms with E-state index in [0.717, 1.165) is 30.2 Å². The number of benzene rings is 1. The van der Waals surface area contributed by atoms with Crippen molar-refractivity contribution in [2.75, 3.05) is 47.7 Å². The molecule has 1 aromatic rings. The van der Waals surface area contributed by atoms with E-state index in [9.17, 15) is 0 Å². The maximum atomic E-state index is 5.37. The Balaban J connectivity index is 2.28. The summed E-state index contributed by atoms with van der Waals surface area (Å²) in [7, 11) is 4.97. The van der Waals surface area contributed by atoms with Gasteiger partial charge in [-0.25, -0.2) is 0 Å². The number of nitrogens with one attached hydrogen (secondary N) is 1. The van der Waals surface area contributed by atoms with E-state index < -0.39 is 0 Å². The Labute approximate surface area is 114 Å². The average molecular weight is 269 g/mol. The fourth-order valence-corrected chi connectivity index (χ4v) is 1.61. The summed E-state index contributed by atoms with van der Waals surface area (Å²) in [6.07, 6.45) is 0. The SMILES string of the molecule is COCCOCCNCc1ccc(OC)cc1OC. The smallest absolute Gasteiger partial charge is 0.127 e. The van der Waals surface area contributed by atoms with Gasteiger partial charge in [0.15, 0.2) is 0 Å². The van der Waals surface area contributed by atoms with Crippen LogP contribution in [0.2, 0.25) is 0 Å². The lowest BCUT2D eigenvalue weighted by Gasteiger charge is -2.11. The summed E-state index contributed by atoms with van der Waals surface area (Å²) in [5, 5.41) is 3.30. The maximum Gasteiger partial charge on any atom is 0.127 e. The van der Waals surface area contributed by atoms with E-state index in [1.807, 2.05) is 18.2 Å². The molecule has 0 atom stereocenters. The van der Waals surface area contributed by atoms with Crippen LogP contribution in [0.25, 0.3) is 0 Å². The Bertz CT molecular complexity index is 357. The second-order valence-electron chi connectivity index (χ2n) is 3.96. The molecule has 0 heterocycles. The third kappa shape index (κ3) is 5.92. The second kappa shape index (κ2) is 9.61. The number of methoxy groups -OCH3 is 3. The van der Waals surface area contributed by atoms with Gasteiger partial charge < -0.3 is 24.3 Å². The fraction of sp³-hybridized carbons (Fsp3) is 0.571. The van der Waals surface area contributed by atoms with E-state index in [4.69, 9.17) is 18.9 Å². The third-order valence-corrected chi connectivity index (χ3v) is 2.66. The highest BCUT2D eigenvalue weighted by molar-refractivity contribution is 5.40. The van der Waals surface area contributed by atoms with Crippen LogP contribution in [0, 0.1) is 0 Å². The summed E-state index contributed by atoms with van der Waals surface area (Å²) < 4.78 is 20.8. The van der Waals surface area contributed by atoms with Crippen LogP contribution in [0.3, 0.4) is 0 Å². The minimum absolute atomic E-state index is 0.629. The first kappa shape index (κ1) is 15.8. The van der Waals surface area contributed by atoms with Crippen LogP contribution in [-0.2, 0) is 16.0 Å². The highest BCUT2D eigenvalue weighted by atomic mass is 16.5. The van der Waals surface area contributed by atoms with Crippen LogP contribution in [0.5, 0.6) is 11.5 Å². The summed E-state index contributed by atoms with van der Waals surface area (Å²) in [5.74, 6) is 1.62. The first-order valence-corrected chi connectivity index (χ1v) is 6.30. The summed E-state index contributed by atoms with van der Waals surface area (Å²) in [6.45, 7) is 3.46. The van der Waals surface area contributed by atoms with Crippen molar-refractivity contribution in [2.24, 2.45) is 0 Å². The highest BCUT2D eigenvalue weighted by Gasteiger charge is 2.04. The molecule has 0 spiro atoms. The van der Waals surface area contributed by atoms with Gasteiger partial charge in [-0.15, -0.1) is 0 Å². The Morgan fingerprint density at radius 3 is 2.53 bits per heavy atom. The monoisotopic (exact) mass is 269 g/mol. The number of rotatable bonds is 10. The summed E-state index contributed by atoms with van der Waals surface area (Å²) >= 11 is 0. The van der Waals surface area contributed by atoms with Gasteiger partial charge >= 0.3 is 0 Å². The van der Waals surface area contributed by atoms with Crippen molar-refractivity contribution in [1.29, 1.82) is 0 Å². The molecule has 0 radical (unpaired) electrons. The Hall–Kier alpha value is -1.30. The van der Waals surface area contributed by atoms with Gasteiger partial charge in [0.25, 0.3) is 0 Å². The van der Waals surface area contributed by atoms with Gasteiger partial charge in [-0.05, 0) is 6.07 Å². The van der Waals surface area contributed by atoms with Crippen molar-refractivity contribution in [2.45, 2.75) is 6.54 Å². The van der Waals surface area contributed by atoms with Crippen molar-refractivity contribution in [3.05, 3.63) is 23.8 Å². The molecule has 0 amide bonds. The van der Waals surface area contributed by atoms with Gasteiger partial charge in [-0.2, -0.15) is 0 Å². The van der Waals surface area contributed by atoms with E-state index in [2.05, 4.69) is 5.32 Å². The molecule has 1 N–H and O–H groups in total. The zero-order valence-corrected chi connectivity index (χ0v) is 11.9. The predicted molar refractivity (Wildman–Crippen MR) is 73.9 cm³/mol. The molecule has 19 heavy (non-hydrogen) atoms. The Morgan fingerprint density at radius 2 is 1.84 bits per heavy atom. The van der Waals surface area contributed by atoms with Gasteiger partial charge in [-0.3, -0.25) is 0 Å². The quantitative estimate of drug-likeness (QED) is 0.652. The van der Waals surface area contributed by atoms with Crippen LogP contribution in [0.1, 0.15) is 5.56 Å². The Kier molecular flexibility index (Phi) is 7.97. The molecule has 0 aliphatic rings. The van der Waals surface area contributed by atoms with Crippen LogP contribution < -0.4 is 14.8 Å². The van der Waals surface area contributed by atoms with Gasteiger partial charge in [0.1, 0.15) is 11.5 Å². The fourth-order valence-electron chi connectivity index (χ4n) is 1.61. The molecule has 0 saturated carbocycles. The van der Waals surface area contributed by atoms with E-state index in [0.29, 0.717) is 19.8 Å². The summed E-state index contributed by atoms with van der Waals surface area (Å²) in [6, 6.07) is 5.80. The van der Waals surface area contributed by atoms with Gasteiger partial charge in [-0.1, -0.05) is 6.07 Å². The molecule has 5 heteroatoms. The van der Waals surface area contributed by atoms with E-state index in [1.54, 1.807) is 21.3 Å². The lowest BCUT2D eigenvalue weighted by molar-refractivity contribution is 0.0719. The molecular formula is C14H23NO4. The zero-order chi connectivity index (χ0) is 13.9. The Morgan fingerprint density at radius 1 is 1.00 bits per heavy atom. The van der Waals surface area contributed by atoms with Crippen LogP contribution in [0.4, 0.5) is 0 Å². The van der Waals surface area contributed by atoms with Crippen molar-refractivity contribution >= 4 is 0 Å².